The Labute approximate surface area is 147 Å². The van der Waals surface area contributed by atoms with E-state index in [1.165, 1.54) is 5.56 Å². The van der Waals surface area contributed by atoms with Crippen molar-refractivity contribution < 1.29 is 0 Å². The number of hydrogen-bond acceptors (Lipinski definition) is 1. The third kappa shape index (κ3) is 2.56. The van der Waals surface area contributed by atoms with E-state index in [4.69, 9.17) is 0 Å². The zero-order valence-electron chi connectivity index (χ0n) is 14.4. The van der Waals surface area contributed by atoms with Crippen LogP contribution in [0.5, 0.6) is 0 Å². The lowest BCUT2D eigenvalue weighted by molar-refractivity contribution is 0.909. The van der Waals surface area contributed by atoms with Gasteiger partial charge in [0, 0.05) is 18.0 Å². The first-order valence-electron chi connectivity index (χ1n) is 8.41. The normalized spacial score (nSPS) is 11.0. The van der Waals surface area contributed by atoms with Crippen LogP contribution < -0.4 is 5.56 Å². The van der Waals surface area contributed by atoms with Crippen LogP contribution in [-0.2, 0) is 7.05 Å². The van der Waals surface area contributed by atoms with Gasteiger partial charge in [0.25, 0.3) is 5.56 Å². The van der Waals surface area contributed by atoms with E-state index in [1.54, 1.807) is 4.57 Å². The van der Waals surface area contributed by atoms with Crippen molar-refractivity contribution in [1.29, 1.82) is 0 Å². The number of aromatic nitrogens is 1. The van der Waals surface area contributed by atoms with Crippen molar-refractivity contribution >= 4 is 10.9 Å². The van der Waals surface area contributed by atoms with Crippen molar-refractivity contribution in [2.45, 2.75) is 6.92 Å². The summed E-state index contributed by atoms with van der Waals surface area (Å²) >= 11 is 0. The SMILES string of the molecule is Cc1ccc2c(c1)c(-c1ccccc1)c(-c1ccccc1)c(=O)n2C. The lowest BCUT2D eigenvalue weighted by Gasteiger charge is -2.17. The summed E-state index contributed by atoms with van der Waals surface area (Å²) in [5.74, 6) is 0. The zero-order chi connectivity index (χ0) is 17.4. The minimum Gasteiger partial charge on any atom is -0.311 e. The maximum Gasteiger partial charge on any atom is 0.259 e. The molecule has 0 aliphatic heterocycles. The van der Waals surface area contributed by atoms with Gasteiger partial charge in [-0.1, -0.05) is 72.3 Å². The topological polar surface area (TPSA) is 22.0 Å². The highest BCUT2D eigenvalue weighted by Gasteiger charge is 2.18. The largest absolute Gasteiger partial charge is 0.311 e. The molecule has 0 saturated heterocycles. The Balaban J connectivity index is 2.24. The van der Waals surface area contributed by atoms with Gasteiger partial charge in [0.2, 0.25) is 0 Å². The van der Waals surface area contributed by atoms with Gasteiger partial charge < -0.3 is 4.57 Å². The molecule has 2 heteroatoms. The van der Waals surface area contributed by atoms with Crippen LogP contribution in [0.15, 0.2) is 83.7 Å². The average Bonchev–Trinajstić information content (AvgIpc) is 2.65. The molecule has 0 aliphatic carbocycles. The molecular weight excluding hydrogens is 306 g/mol. The Kier molecular flexibility index (Phi) is 3.73. The molecular formula is C23H19NO. The Morgan fingerprint density at radius 2 is 1.28 bits per heavy atom. The molecule has 4 aromatic rings. The zero-order valence-corrected chi connectivity index (χ0v) is 14.4. The number of aryl methyl sites for hydroxylation is 2. The summed E-state index contributed by atoms with van der Waals surface area (Å²) in [7, 11) is 1.85. The maximum atomic E-state index is 13.2. The van der Waals surface area contributed by atoms with E-state index < -0.39 is 0 Å². The van der Waals surface area contributed by atoms with Crippen molar-refractivity contribution in [1.82, 2.24) is 4.57 Å². The summed E-state index contributed by atoms with van der Waals surface area (Å²) in [5.41, 5.74) is 5.94. The Bertz CT molecular complexity index is 1110. The number of pyridine rings is 1. The monoisotopic (exact) mass is 325 g/mol. The smallest absolute Gasteiger partial charge is 0.259 e. The van der Waals surface area contributed by atoms with Gasteiger partial charge in [-0.15, -0.1) is 0 Å². The van der Waals surface area contributed by atoms with Gasteiger partial charge in [-0.2, -0.15) is 0 Å². The van der Waals surface area contributed by atoms with E-state index in [0.717, 1.165) is 33.2 Å². The highest BCUT2D eigenvalue weighted by Crippen LogP contribution is 2.35. The minimum absolute atomic E-state index is 0.0291. The van der Waals surface area contributed by atoms with E-state index >= 15 is 0 Å². The number of benzene rings is 3. The van der Waals surface area contributed by atoms with E-state index in [1.807, 2.05) is 61.6 Å². The second-order valence-electron chi connectivity index (χ2n) is 6.37. The molecule has 0 N–H and O–H groups in total. The minimum atomic E-state index is 0.0291. The van der Waals surface area contributed by atoms with Crippen molar-refractivity contribution in [3.8, 4) is 22.3 Å². The Hall–Kier alpha value is -3.13. The van der Waals surface area contributed by atoms with Crippen LogP contribution >= 0.6 is 0 Å². The van der Waals surface area contributed by atoms with Crippen molar-refractivity contribution in [3.05, 3.63) is 94.8 Å². The van der Waals surface area contributed by atoms with Gasteiger partial charge in [0.15, 0.2) is 0 Å². The molecule has 1 heterocycles. The van der Waals surface area contributed by atoms with E-state index in [2.05, 4.69) is 31.2 Å². The summed E-state index contributed by atoms with van der Waals surface area (Å²) in [5, 5.41) is 1.10. The molecule has 0 saturated carbocycles. The lowest BCUT2D eigenvalue weighted by atomic mass is 9.91. The third-order valence-electron chi connectivity index (χ3n) is 4.68. The van der Waals surface area contributed by atoms with Crippen LogP contribution in [0.1, 0.15) is 5.56 Å². The highest BCUT2D eigenvalue weighted by molar-refractivity contribution is 6.02. The van der Waals surface area contributed by atoms with Crippen LogP contribution in [-0.4, -0.2) is 4.57 Å². The van der Waals surface area contributed by atoms with Crippen LogP contribution in [0.2, 0.25) is 0 Å². The fourth-order valence-corrected chi connectivity index (χ4v) is 3.44. The molecule has 0 amide bonds. The molecule has 0 unspecified atom stereocenters. The van der Waals surface area contributed by atoms with E-state index in [0.29, 0.717) is 0 Å². The summed E-state index contributed by atoms with van der Waals surface area (Å²) in [4.78, 5) is 13.2. The predicted molar refractivity (Wildman–Crippen MR) is 105 cm³/mol. The van der Waals surface area contributed by atoms with Gasteiger partial charge in [0.05, 0.1) is 11.1 Å². The van der Waals surface area contributed by atoms with Crippen LogP contribution in [0.25, 0.3) is 33.2 Å². The standard InChI is InChI=1S/C23H19NO/c1-16-13-14-20-19(15-16)21(17-9-5-3-6-10-17)22(23(25)24(20)2)18-11-7-4-8-12-18/h3-15H,1-2H3. The molecule has 122 valence electrons. The Morgan fingerprint density at radius 1 is 0.720 bits per heavy atom. The first-order valence-corrected chi connectivity index (χ1v) is 8.41. The summed E-state index contributed by atoms with van der Waals surface area (Å²) in [6.45, 7) is 2.08. The van der Waals surface area contributed by atoms with Crippen molar-refractivity contribution in [2.75, 3.05) is 0 Å². The third-order valence-corrected chi connectivity index (χ3v) is 4.68. The van der Waals surface area contributed by atoms with Crippen molar-refractivity contribution in [2.24, 2.45) is 7.05 Å². The molecule has 3 aromatic carbocycles. The second-order valence-corrected chi connectivity index (χ2v) is 6.37. The predicted octanol–water partition coefficient (Wildman–Crippen LogP) is 5.18. The van der Waals surface area contributed by atoms with Gasteiger partial charge in [0.1, 0.15) is 0 Å². The van der Waals surface area contributed by atoms with Gasteiger partial charge in [-0.3, -0.25) is 4.79 Å². The molecule has 0 aliphatic rings. The Morgan fingerprint density at radius 3 is 1.88 bits per heavy atom. The summed E-state index contributed by atoms with van der Waals surface area (Å²) in [6.07, 6.45) is 0. The molecule has 0 bridgehead atoms. The quantitative estimate of drug-likeness (QED) is 0.498. The maximum absolute atomic E-state index is 13.2. The second kappa shape index (κ2) is 6.06. The number of rotatable bonds is 2. The fraction of sp³-hybridized carbons (Fsp3) is 0.0870. The van der Waals surface area contributed by atoms with Gasteiger partial charge in [-0.25, -0.2) is 0 Å². The molecule has 0 radical (unpaired) electrons. The van der Waals surface area contributed by atoms with Crippen LogP contribution in [0.3, 0.4) is 0 Å². The number of fused-ring (bicyclic) bond motifs is 1. The molecule has 0 atom stereocenters. The highest BCUT2D eigenvalue weighted by atomic mass is 16.1. The number of nitrogens with zero attached hydrogens (tertiary/aromatic N) is 1. The lowest BCUT2D eigenvalue weighted by Crippen LogP contribution is -2.20. The van der Waals surface area contributed by atoms with Crippen LogP contribution in [0.4, 0.5) is 0 Å². The first kappa shape index (κ1) is 15.4. The molecule has 0 fully saturated rings. The van der Waals surface area contributed by atoms with Gasteiger partial charge in [-0.05, 0) is 30.2 Å². The van der Waals surface area contributed by atoms with E-state index in [-0.39, 0.29) is 5.56 Å². The van der Waals surface area contributed by atoms with E-state index in [9.17, 15) is 4.79 Å². The number of hydrogen-bond donors (Lipinski definition) is 0. The molecule has 2 nitrogen and oxygen atoms in total. The molecule has 1 aromatic heterocycles. The van der Waals surface area contributed by atoms with Gasteiger partial charge >= 0.3 is 0 Å². The average molecular weight is 325 g/mol. The van der Waals surface area contributed by atoms with Crippen LogP contribution in [0, 0.1) is 6.92 Å². The molecule has 4 rings (SSSR count). The van der Waals surface area contributed by atoms with Crippen molar-refractivity contribution in [3.63, 3.8) is 0 Å². The molecule has 25 heavy (non-hydrogen) atoms. The molecule has 0 spiro atoms. The first-order chi connectivity index (χ1) is 12.2. The summed E-state index contributed by atoms with van der Waals surface area (Å²) < 4.78 is 1.75. The summed E-state index contributed by atoms with van der Waals surface area (Å²) in [6, 6.07) is 26.4. The fourth-order valence-electron chi connectivity index (χ4n) is 3.44.